The molecule has 0 bridgehead atoms. The van der Waals surface area contributed by atoms with Gasteiger partial charge in [-0.1, -0.05) is 0 Å². The molecular weight excluding hydrogens is 196 g/mol. The average Bonchev–Trinajstić information content (AvgIpc) is 2.65. The number of hydrogen-bond donors (Lipinski definition) is 1. The van der Waals surface area contributed by atoms with Gasteiger partial charge in [0.2, 0.25) is 11.8 Å². The van der Waals surface area contributed by atoms with E-state index < -0.39 is 5.97 Å². The van der Waals surface area contributed by atoms with Crippen LogP contribution in [0.2, 0.25) is 0 Å². The Morgan fingerprint density at radius 2 is 2.20 bits per heavy atom. The van der Waals surface area contributed by atoms with E-state index in [0.29, 0.717) is 5.95 Å². The van der Waals surface area contributed by atoms with Crippen LogP contribution in [-0.4, -0.2) is 30.6 Å². The topological polar surface area (TPSA) is 80.9 Å². The molecule has 0 aliphatic heterocycles. The van der Waals surface area contributed by atoms with Crippen molar-refractivity contribution in [2.24, 2.45) is 0 Å². The molecule has 0 fully saturated rings. The number of nitrogens with zero attached hydrogens (tertiary/aromatic N) is 4. The summed E-state index contributed by atoms with van der Waals surface area (Å²) >= 11 is 0. The van der Waals surface area contributed by atoms with Gasteiger partial charge in [0.15, 0.2) is 0 Å². The molecule has 15 heavy (non-hydrogen) atoms. The Labute approximate surface area is 85.3 Å². The quantitative estimate of drug-likeness (QED) is 0.777. The summed E-state index contributed by atoms with van der Waals surface area (Å²) < 4.78 is 1.33. The van der Waals surface area contributed by atoms with E-state index >= 15 is 0 Å². The van der Waals surface area contributed by atoms with Crippen LogP contribution in [0.1, 0.15) is 16.3 Å². The van der Waals surface area contributed by atoms with E-state index in [1.807, 2.05) is 6.92 Å². The molecule has 0 spiro atoms. The maximum Gasteiger partial charge on any atom is 0.372 e. The van der Waals surface area contributed by atoms with Crippen molar-refractivity contribution < 1.29 is 9.90 Å². The molecule has 2 rings (SSSR count). The lowest BCUT2D eigenvalue weighted by Gasteiger charge is -2.02. The molecule has 0 aliphatic rings. The molecule has 0 aliphatic carbocycles. The van der Waals surface area contributed by atoms with Crippen LogP contribution in [0.25, 0.3) is 5.95 Å². The zero-order valence-corrected chi connectivity index (χ0v) is 7.95. The van der Waals surface area contributed by atoms with Crippen molar-refractivity contribution in [2.45, 2.75) is 6.92 Å². The van der Waals surface area contributed by atoms with Gasteiger partial charge in [0.1, 0.15) is 0 Å². The van der Waals surface area contributed by atoms with Crippen molar-refractivity contribution >= 4 is 5.97 Å². The fraction of sp³-hybridized carbons (Fsp3) is 0.111. The summed E-state index contributed by atoms with van der Waals surface area (Å²) in [7, 11) is 0. The number of aromatic nitrogens is 4. The molecule has 0 radical (unpaired) electrons. The van der Waals surface area contributed by atoms with E-state index in [1.165, 1.54) is 17.0 Å². The van der Waals surface area contributed by atoms with Crippen molar-refractivity contribution in [1.29, 1.82) is 0 Å². The monoisotopic (exact) mass is 204 g/mol. The Morgan fingerprint density at radius 3 is 2.87 bits per heavy atom. The van der Waals surface area contributed by atoms with Gasteiger partial charge in [0.05, 0.1) is 0 Å². The first kappa shape index (κ1) is 9.32. The van der Waals surface area contributed by atoms with Crippen LogP contribution >= 0.6 is 0 Å². The van der Waals surface area contributed by atoms with Crippen molar-refractivity contribution in [3.05, 3.63) is 36.2 Å². The van der Waals surface area contributed by atoms with Gasteiger partial charge < -0.3 is 5.11 Å². The van der Waals surface area contributed by atoms with Gasteiger partial charge in [-0.3, -0.25) is 4.57 Å². The summed E-state index contributed by atoms with van der Waals surface area (Å²) in [6.07, 6.45) is 4.48. The zero-order chi connectivity index (χ0) is 10.8. The lowest BCUT2D eigenvalue weighted by molar-refractivity contribution is 0.0681. The van der Waals surface area contributed by atoms with Crippen molar-refractivity contribution in [2.75, 3.05) is 0 Å². The van der Waals surface area contributed by atoms with Crippen LogP contribution < -0.4 is 0 Å². The van der Waals surface area contributed by atoms with Crippen LogP contribution in [0.5, 0.6) is 0 Å². The number of carboxylic acids is 1. The number of carboxylic acid groups (broad SMARTS) is 1. The third kappa shape index (κ3) is 1.69. The highest BCUT2D eigenvalue weighted by Gasteiger charge is 2.13. The maximum absolute atomic E-state index is 10.8. The Balaban J connectivity index is 2.54. The van der Waals surface area contributed by atoms with E-state index in [2.05, 4.69) is 15.0 Å². The third-order valence-corrected chi connectivity index (χ3v) is 1.83. The molecule has 0 unspecified atom stereocenters. The molecule has 76 valence electrons. The summed E-state index contributed by atoms with van der Waals surface area (Å²) in [6, 6.07) is 1.74. The fourth-order valence-electron chi connectivity index (χ4n) is 1.17. The smallest absolute Gasteiger partial charge is 0.372 e. The number of aromatic carboxylic acids is 1. The van der Waals surface area contributed by atoms with Crippen molar-refractivity contribution in [3.63, 3.8) is 0 Å². The molecule has 0 saturated heterocycles. The van der Waals surface area contributed by atoms with Gasteiger partial charge >= 0.3 is 5.97 Å². The first-order chi connectivity index (χ1) is 7.18. The van der Waals surface area contributed by atoms with Gasteiger partial charge in [-0.05, 0) is 13.0 Å². The van der Waals surface area contributed by atoms with Crippen molar-refractivity contribution in [1.82, 2.24) is 19.5 Å². The second-order valence-electron chi connectivity index (χ2n) is 2.92. The SMILES string of the molecule is Cc1ccnc(-n2ccnc2C(=O)O)n1. The summed E-state index contributed by atoms with van der Waals surface area (Å²) in [6.45, 7) is 1.81. The molecule has 2 heterocycles. The Bertz CT molecular complexity index is 506. The number of imidazole rings is 1. The summed E-state index contributed by atoms with van der Waals surface area (Å²) in [4.78, 5) is 22.6. The Kier molecular flexibility index (Phi) is 2.17. The first-order valence-corrected chi connectivity index (χ1v) is 4.25. The molecule has 0 atom stereocenters. The Hall–Kier alpha value is -2.24. The van der Waals surface area contributed by atoms with Gasteiger partial charge in [-0.2, -0.15) is 0 Å². The highest BCUT2D eigenvalue weighted by atomic mass is 16.4. The van der Waals surface area contributed by atoms with E-state index in [9.17, 15) is 4.79 Å². The summed E-state index contributed by atoms with van der Waals surface area (Å²) in [5.41, 5.74) is 0.769. The van der Waals surface area contributed by atoms with Gasteiger partial charge in [-0.25, -0.2) is 19.7 Å². The molecular formula is C9H8N4O2. The predicted octanol–water partition coefficient (Wildman–Crippen LogP) is 0.669. The van der Waals surface area contributed by atoms with Crippen LogP contribution in [0, 0.1) is 6.92 Å². The van der Waals surface area contributed by atoms with Crippen molar-refractivity contribution in [3.8, 4) is 5.95 Å². The number of aryl methyl sites for hydroxylation is 1. The molecule has 2 aromatic heterocycles. The first-order valence-electron chi connectivity index (χ1n) is 4.25. The summed E-state index contributed by atoms with van der Waals surface area (Å²) in [5, 5.41) is 8.85. The minimum Gasteiger partial charge on any atom is -0.475 e. The van der Waals surface area contributed by atoms with E-state index in [1.54, 1.807) is 12.3 Å². The lowest BCUT2D eigenvalue weighted by Crippen LogP contribution is -2.10. The van der Waals surface area contributed by atoms with Crippen LogP contribution in [0.3, 0.4) is 0 Å². The highest BCUT2D eigenvalue weighted by Crippen LogP contribution is 2.05. The zero-order valence-electron chi connectivity index (χ0n) is 7.95. The molecule has 0 aromatic carbocycles. The molecule has 0 amide bonds. The summed E-state index contributed by atoms with van der Waals surface area (Å²) in [5.74, 6) is -0.893. The number of rotatable bonds is 2. The molecule has 6 nitrogen and oxygen atoms in total. The van der Waals surface area contributed by atoms with Gasteiger partial charge in [-0.15, -0.1) is 0 Å². The van der Waals surface area contributed by atoms with E-state index in [-0.39, 0.29) is 5.82 Å². The third-order valence-electron chi connectivity index (χ3n) is 1.83. The second kappa shape index (κ2) is 3.49. The minimum absolute atomic E-state index is 0.0967. The fourth-order valence-corrected chi connectivity index (χ4v) is 1.17. The normalized spacial score (nSPS) is 10.2. The largest absolute Gasteiger partial charge is 0.475 e. The number of carbonyl (C=O) groups is 1. The van der Waals surface area contributed by atoms with Gasteiger partial charge in [0.25, 0.3) is 0 Å². The maximum atomic E-state index is 10.8. The minimum atomic E-state index is -1.11. The van der Waals surface area contributed by atoms with Crippen LogP contribution in [0.4, 0.5) is 0 Å². The van der Waals surface area contributed by atoms with E-state index in [4.69, 9.17) is 5.11 Å². The average molecular weight is 204 g/mol. The van der Waals surface area contributed by atoms with Gasteiger partial charge in [0, 0.05) is 24.3 Å². The molecule has 2 aromatic rings. The number of hydrogen-bond acceptors (Lipinski definition) is 4. The highest BCUT2D eigenvalue weighted by molar-refractivity contribution is 5.84. The van der Waals surface area contributed by atoms with Crippen LogP contribution in [-0.2, 0) is 0 Å². The Morgan fingerprint density at radius 1 is 1.40 bits per heavy atom. The second-order valence-corrected chi connectivity index (χ2v) is 2.92. The molecule has 1 N–H and O–H groups in total. The molecule has 6 heteroatoms. The standard InChI is InChI=1S/C9H8N4O2/c1-6-2-3-11-9(12-6)13-5-4-10-7(13)8(14)15/h2-5H,1H3,(H,14,15). The van der Waals surface area contributed by atoms with E-state index in [0.717, 1.165) is 5.69 Å². The molecule has 0 saturated carbocycles. The lowest BCUT2D eigenvalue weighted by atomic mass is 10.5. The van der Waals surface area contributed by atoms with Crippen LogP contribution in [0.15, 0.2) is 24.7 Å². The predicted molar refractivity (Wildman–Crippen MR) is 50.9 cm³/mol.